The molecule has 21 heavy (non-hydrogen) atoms. The first kappa shape index (κ1) is 13.5. The topological polar surface area (TPSA) is 71.0 Å². The second-order valence-corrected chi connectivity index (χ2v) is 5.07. The van der Waals surface area contributed by atoms with Crippen LogP contribution in [0.1, 0.15) is 12.8 Å². The summed E-state index contributed by atoms with van der Waals surface area (Å²) in [5.74, 6) is 0.850. The molecule has 2 aromatic rings. The Bertz CT molecular complexity index is 590. The molecule has 0 spiro atoms. The molecule has 0 aliphatic carbocycles. The van der Waals surface area contributed by atoms with Gasteiger partial charge in [-0.2, -0.15) is 0 Å². The molecule has 1 fully saturated rings. The van der Waals surface area contributed by atoms with Crippen molar-refractivity contribution in [3.8, 4) is 0 Å². The number of carbonyl (C=O) groups is 1. The summed E-state index contributed by atoms with van der Waals surface area (Å²) in [6.45, 7) is 1.59. The summed E-state index contributed by atoms with van der Waals surface area (Å²) in [4.78, 5) is 26.8. The second kappa shape index (κ2) is 6.30. The van der Waals surface area contributed by atoms with Gasteiger partial charge < -0.3 is 10.2 Å². The van der Waals surface area contributed by atoms with E-state index in [1.165, 1.54) is 0 Å². The Balaban J connectivity index is 1.64. The summed E-state index contributed by atoms with van der Waals surface area (Å²) in [5.41, 5.74) is 0.784. The molecule has 1 N–H and O–H groups in total. The fourth-order valence-corrected chi connectivity index (χ4v) is 2.53. The van der Waals surface area contributed by atoms with Crippen LogP contribution in [0.5, 0.6) is 0 Å². The fraction of sp³-hybridized carbons (Fsp3) is 0.333. The first-order valence-corrected chi connectivity index (χ1v) is 7.05. The number of nitrogens with one attached hydrogen (secondary N) is 1. The van der Waals surface area contributed by atoms with Crippen molar-refractivity contribution in [2.45, 2.75) is 12.8 Å². The van der Waals surface area contributed by atoms with Crippen LogP contribution in [0.15, 0.2) is 43.1 Å². The van der Waals surface area contributed by atoms with Gasteiger partial charge in [0.05, 0.1) is 12.1 Å². The first-order chi connectivity index (χ1) is 10.3. The molecule has 1 amide bonds. The Kier molecular flexibility index (Phi) is 4.04. The van der Waals surface area contributed by atoms with Crippen LogP contribution in [0.4, 0.5) is 11.5 Å². The van der Waals surface area contributed by atoms with Gasteiger partial charge in [0, 0.05) is 43.6 Å². The van der Waals surface area contributed by atoms with Gasteiger partial charge in [-0.1, -0.05) is 0 Å². The number of anilines is 2. The maximum absolute atomic E-state index is 12.4. The third-order valence-corrected chi connectivity index (χ3v) is 3.61. The van der Waals surface area contributed by atoms with Crippen LogP contribution in [0.25, 0.3) is 0 Å². The summed E-state index contributed by atoms with van der Waals surface area (Å²) in [6.07, 6.45) is 10.3. The van der Waals surface area contributed by atoms with E-state index in [2.05, 4.69) is 25.2 Å². The number of carbonyl (C=O) groups excluding carboxylic acids is 1. The molecule has 0 bridgehead atoms. The van der Waals surface area contributed by atoms with E-state index >= 15 is 0 Å². The van der Waals surface area contributed by atoms with Gasteiger partial charge in [-0.25, -0.2) is 4.98 Å². The van der Waals surface area contributed by atoms with Crippen LogP contribution in [0, 0.1) is 5.92 Å². The Morgan fingerprint density at radius 1 is 1.19 bits per heavy atom. The highest BCUT2D eigenvalue weighted by molar-refractivity contribution is 5.92. The van der Waals surface area contributed by atoms with Crippen molar-refractivity contribution >= 4 is 17.4 Å². The van der Waals surface area contributed by atoms with Crippen molar-refractivity contribution in [3.63, 3.8) is 0 Å². The largest absolute Gasteiger partial charge is 0.355 e. The normalized spacial score (nSPS) is 18.3. The van der Waals surface area contributed by atoms with E-state index in [0.717, 1.165) is 30.9 Å². The maximum Gasteiger partial charge on any atom is 0.229 e. The molecule has 1 aliphatic heterocycles. The molecular weight excluding hydrogens is 266 g/mol. The zero-order valence-electron chi connectivity index (χ0n) is 11.6. The van der Waals surface area contributed by atoms with Gasteiger partial charge in [0.15, 0.2) is 0 Å². The van der Waals surface area contributed by atoms with Crippen molar-refractivity contribution in [1.29, 1.82) is 0 Å². The number of hydrogen-bond acceptors (Lipinski definition) is 5. The minimum Gasteiger partial charge on any atom is -0.355 e. The molecule has 0 saturated carbocycles. The fourth-order valence-electron chi connectivity index (χ4n) is 2.53. The average Bonchev–Trinajstić information content (AvgIpc) is 2.57. The van der Waals surface area contributed by atoms with E-state index in [1.807, 2.05) is 0 Å². The summed E-state index contributed by atoms with van der Waals surface area (Å²) in [7, 11) is 0. The van der Waals surface area contributed by atoms with E-state index in [9.17, 15) is 4.79 Å². The predicted octanol–water partition coefficient (Wildman–Crippen LogP) is 1.73. The van der Waals surface area contributed by atoms with Crippen LogP contribution in [0.3, 0.4) is 0 Å². The van der Waals surface area contributed by atoms with Gasteiger partial charge >= 0.3 is 0 Å². The minimum atomic E-state index is -0.0334. The van der Waals surface area contributed by atoms with Crippen molar-refractivity contribution in [3.05, 3.63) is 43.1 Å². The summed E-state index contributed by atoms with van der Waals surface area (Å²) < 4.78 is 0. The van der Waals surface area contributed by atoms with Crippen LogP contribution < -0.4 is 10.2 Å². The number of amides is 1. The predicted molar refractivity (Wildman–Crippen MR) is 79.8 cm³/mol. The summed E-state index contributed by atoms with van der Waals surface area (Å²) in [6, 6.07) is 3.59. The Labute approximate surface area is 123 Å². The maximum atomic E-state index is 12.4. The number of nitrogens with zero attached hydrogens (tertiary/aromatic N) is 4. The van der Waals surface area contributed by atoms with Crippen LogP contribution >= 0.6 is 0 Å². The van der Waals surface area contributed by atoms with Gasteiger partial charge in [0.1, 0.15) is 5.82 Å². The lowest BCUT2D eigenvalue weighted by Gasteiger charge is -2.32. The second-order valence-electron chi connectivity index (χ2n) is 5.07. The van der Waals surface area contributed by atoms with Gasteiger partial charge in [0.25, 0.3) is 0 Å². The third kappa shape index (κ3) is 3.34. The van der Waals surface area contributed by atoms with E-state index in [4.69, 9.17) is 0 Å². The van der Waals surface area contributed by atoms with Gasteiger partial charge in [-0.05, 0) is 25.0 Å². The molecule has 108 valence electrons. The van der Waals surface area contributed by atoms with E-state index in [-0.39, 0.29) is 11.8 Å². The average molecular weight is 283 g/mol. The van der Waals surface area contributed by atoms with Crippen molar-refractivity contribution in [2.75, 3.05) is 23.3 Å². The zero-order chi connectivity index (χ0) is 14.5. The SMILES string of the molecule is O=C(Nc1ccncc1)C1CCCN(c2cnccn2)C1. The highest BCUT2D eigenvalue weighted by Crippen LogP contribution is 2.22. The number of aromatic nitrogens is 3. The lowest BCUT2D eigenvalue weighted by atomic mass is 9.97. The first-order valence-electron chi connectivity index (χ1n) is 7.05. The monoisotopic (exact) mass is 283 g/mol. The molecule has 6 heteroatoms. The van der Waals surface area contributed by atoms with Crippen molar-refractivity contribution in [1.82, 2.24) is 15.0 Å². The van der Waals surface area contributed by atoms with Gasteiger partial charge in [-0.3, -0.25) is 14.8 Å². The Hall–Kier alpha value is -2.50. The smallest absolute Gasteiger partial charge is 0.229 e. The molecule has 3 heterocycles. The number of pyridine rings is 1. The zero-order valence-corrected chi connectivity index (χ0v) is 11.6. The Morgan fingerprint density at radius 2 is 2.05 bits per heavy atom. The standard InChI is InChI=1S/C15H17N5O/c21-15(19-13-3-5-16-6-4-13)12-2-1-9-20(11-12)14-10-17-7-8-18-14/h3-8,10,12H,1-2,9,11H2,(H,16,19,21). The van der Waals surface area contributed by atoms with Crippen molar-refractivity contribution < 1.29 is 4.79 Å². The van der Waals surface area contributed by atoms with E-state index < -0.39 is 0 Å². The molecule has 0 radical (unpaired) electrons. The van der Waals surface area contributed by atoms with Crippen molar-refractivity contribution in [2.24, 2.45) is 5.92 Å². The quantitative estimate of drug-likeness (QED) is 0.928. The highest BCUT2D eigenvalue weighted by atomic mass is 16.1. The molecular formula is C15H17N5O. The lowest BCUT2D eigenvalue weighted by Crippen LogP contribution is -2.41. The molecule has 1 unspecified atom stereocenters. The number of piperidine rings is 1. The molecule has 1 aliphatic rings. The molecule has 1 saturated heterocycles. The van der Waals surface area contributed by atoms with Gasteiger partial charge in [-0.15, -0.1) is 0 Å². The van der Waals surface area contributed by atoms with Crippen LogP contribution in [-0.4, -0.2) is 33.9 Å². The molecule has 6 nitrogen and oxygen atoms in total. The molecule has 0 aromatic carbocycles. The van der Waals surface area contributed by atoms with E-state index in [0.29, 0.717) is 6.54 Å². The van der Waals surface area contributed by atoms with Crippen LogP contribution in [0.2, 0.25) is 0 Å². The van der Waals surface area contributed by atoms with Gasteiger partial charge in [0.2, 0.25) is 5.91 Å². The van der Waals surface area contributed by atoms with Crippen LogP contribution in [-0.2, 0) is 4.79 Å². The minimum absolute atomic E-state index is 0.0334. The Morgan fingerprint density at radius 3 is 2.81 bits per heavy atom. The summed E-state index contributed by atoms with van der Waals surface area (Å²) in [5, 5.41) is 2.94. The van der Waals surface area contributed by atoms with E-state index in [1.54, 1.807) is 43.1 Å². The highest BCUT2D eigenvalue weighted by Gasteiger charge is 2.26. The summed E-state index contributed by atoms with van der Waals surface area (Å²) >= 11 is 0. The molecule has 2 aromatic heterocycles. The number of hydrogen-bond donors (Lipinski definition) is 1. The lowest BCUT2D eigenvalue weighted by molar-refractivity contribution is -0.120. The third-order valence-electron chi connectivity index (χ3n) is 3.61. The molecule has 1 atom stereocenters. The molecule has 3 rings (SSSR count). The number of rotatable bonds is 3.